The SMILES string of the molecule is Cc1cc(/C(O)=C2\C(=O)C(=O)N(c3ccc(F)c(F)c3)C2c2ccccc2C)ccc1OCC(C)C. The Bertz CT molecular complexity index is 1380. The number of ketones is 1. The Morgan fingerprint density at radius 2 is 1.69 bits per heavy atom. The molecule has 0 radical (unpaired) electrons. The first-order valence-electron chi connectivity index (χ1n) is 11.7. The molecule has 7 heteroatoms. The molecule has 0 bridgehead atoms. The second-order valence-corrected chi connectivity index (χ2v) is 9.31. The smallest absolute Gasteiger partial charge is 0.300 e. The summed E-state index contributed by atoms with van der Waals surface area (Å²) in [5, 5.41) is 11.3. The molecule has 1 aliphatic rings. The highest BCUT2D eigenvalue weighted by Gasteiger charge is 2.47. The molecule has 36 heavy (non-hydrogen) atoms. The summed E-state index contributed by atoms with van der Waals surface area (Å²) in [6.07, 6.45) is 0. The lowest BCUT2D eigenvalue weighted by Crippen LogP contribution is -2.30. The van der Waals surface area contributed by atoms with E-state index in [1.165, 1.54) is 6.07 Å². The van der Waals surface area contributed by atoms with E-state index in [9.17, 15) is 23.5 Å². The quantitative estimate of drug-likeness (QED) is 0.252. The van der Waals surface area contributed by atoms with E-state index in [2.05, 4.69) is 0 Å². The summed E-state index contributed by atoms with van der Waals surface area (Å²) in [4.78, 5) is 27.6. The van der Waals surface area contributed by atoms with Gasteiger partial charge in [-0.25, -0.2) is 8.78 Å². The molecule has 1 fully saturated rings. The second-order valence-electron chi connectivity index (χ2n) is 9.31. The van der Waals surface area contributed by atoms with Gasteiger partial charge in [0.25, 0.3) is 11.7 Å². The highest BCUT2D eigenvalue weighted by molar-refractivity contribution is 6.51. The van der Waals surface area contributed by atoms with Crippen LogP contribution >= 0.6 is 0 Å². The van der Waals surface area contributed by atoms with Gasteiger partial charge in [0.15, 0.2) is 11.6 Å². The molecule has 0 spiro atoms. The van der Waals surface area contributed by atoms with Crippen molar-refractivity contribution in [3.63, 3.8) is 0 Å². The molecule has 0 aliphatic carbocycles. The maximum Gasteiger partial charge on any atom is 0.300 e. The lowest BCUT2D eigenvalue weighted by molar-refractivity contribution is -0.132. The van der Waals surface area contributed by atoms with Crippen molar-refractivity contribution in [2.24, 2.45) is 5.92 Å². The Balaban J connectivity index is 1.88. The molecule has 5 nitrogen and oxygen atoms in total. The summed E-state index contributed by atoms with van der Waals surface area (Å²) in [6, 6.07) is 14.1. The first-order valence-corrected chi connectivity index (χ1v) is 11.7. The zero-order chi connectivity index (χ0) is 26.1. The molecule has 4 rings (SSSR count). The van der Waals surface area contributed by atoms with Gasteiger partial charge >= 0.3 is 0 Å². The fraction of sp³-hybridized carbons (Fsp3) is 0.241. The van der Waals surface area contributed by atoms with Crippen LogP contribution in [-0.2, 0) is 9.59 Å². The van der Waals surface area contributed by atoms with E-state index >= 15 is 0 Å². The van der Waals surface area contributed by atoms with Gasteiger partial charge in [-0.3, -0.25) is 14.5 Å². The van der Waals surface area contributed by atoms with Crippen molar-refractivity contribution in [2.75, 3.05) is 11.5 Å². The minimum atomic E-state index is -1.15. The van der Waals surface area contributed by atoms with E-state index in [1.807, 2.05) is 39.8 Å². The number of aryl methyl sites for hydroxylation is 2. The summed E-state index contributed by atoms with van der Waals surface area (Å²) in [5.74, 6) is -3.45. The van der Waals surface area contributed by atoms with Crippen molar-refractivity contribution in [3.05, 3.63) is 100 Å². The van der Waals surface area contributed by atoms with Crippen molar-refractivity contribution in [1.29, 1.82) is 0 Å². The van der Waals surface area contributed by atoms with Gasteiger partial charge < -0.3 is 9.84 Å². The summed E-state index contributed by atoms with van der Waals surface area (Å²) in [7, 11) is 0. The number of ether oxygens (including phenoxy) is 1. The number of hydrogen-bond donors (Lipinski definition) is 1. The molecule has 1 unspecified atom stereocenters. The highest BCUT2D eigenvalue weighted by atomic mass is 19.2. The van der Waals surface area contributed by atoms with Crippen LogP contribution in [0.25, 0.3) is 5.76 Å². The van der Waals surface area contributed by atoms with Crippen LogP contribution in [0.4, 0.5) is 14.5 Å². The summed E-state index contributed by atoms with van der Waals surface area (Å²) in [5.41, 5.74) is 2.31. The van der Waals surface area contributed by atoms with Crippen molar-refractivity contribution in [1.82, 2.24) is 0 Å². The van der Waals surface area contributed by atoms with Crippen LogP contribution in [-0.4, -0.2) is 23.4 Å². The van der Waals surface area contributed by atoms with Crippen molar-refractivity contribution in [2.45, 2.75) is 33.7 Å². The second kappa shape index (κ2) is 9.93. The van der Waals surface area contributed by atoms with Gasteiger partial charge in [0.2, 0.25) is 0 Å². The van der Waals surface area contributed by atoms with Crippen molar-refractivity contribution in [3.8, 4) is 5.75 Å². The molecule has 0 aromatic heterocycles. The number of amides is 1. The molecule has 0 saturated carbocycles. The molecule has 3 aromatic carbocycles. The fourth-order valence-electron chi connectivity index (χ4n) is 4.29. The fourth-order valence-corrected chi connectivity index (χ4v) is 4.29. The Morgan fingerprint density at radius 3 is 2.33 bits per heavy atom. The molecule has 1 N–H and O–H groups in total. The summed E-state index contributed by atoms with van der Waals surface area (Å²) < 4.78 is 33.5. The number of anilines is 1. The van der Waals surface area contributed by atoms with Gasteiger partial charge in [0.05, 0.1) is 18.2 Å². The monoisotopic (exact) mass is 491 g/mol. The minimum Gasteiger partial charge on any atom is -0.507 e. The predicted molar refractivity (Wildman–Crippen MR) is 134 cm³/mol. The minimum absolute atomic E-state index is 0.0110. The van der Waals surface area contributed by atoms with Crippen LogP contribution in [0.1, 0.15) is 42.1 Å². The van der Waals surface area contributed by atoms with Gasteiger partial charge in [-0.1, -0.05) is 38.1 Å². The number of hydrogen-bond acceptors (Lipinski definition) is 4. The largest absolute Gasteiger partial charge is 0.507 e. The lowest BCUT2D eigenvalue weighted by atomic mass is 9.92. The number of nitrogens with zero attached hydrogens (tertiary/aromatic N) is 1. The molecule has 1 aliphatic heterocycles. The maximum absolute atomic E-state index is 14.1. The van der Waals surface area contributed by atoms with E-state index in [0.717, 1.165) is 28.2 Å². The number of Topliss-reactive ketones (excluding diaryl/α,β-unsaturated/α-hetero) is 1. The molecule has 1 atom stereocenters. The number of carbonyl (C=O) groups excluding carboxylic acids is 2. The molecule has 3 aromatic rings. The van der Waals surface area contributed by atoms with Crippen LogP contribution in [0.2, 0.25) is 0 Å². The normalized spacial score (nSPS) is 17.2. The molecule has 1 saturated heterocycles. The zero-order valence-corrected chi connectivity index (χ0v) is 20.5. The molecular formula is C29H27F2NO4. The number of aliphatic hydroxyl groups excluding tert-OH is 1. The number of halogens is 2. The average molecular weight is 492 g/mol. The topological polar surface area (TPSA) is 66.8 Å². The first-order chi connectivity index (χ1) is 17.1. The van der Waals surface area contributed by atoms with Gasteiger partial charge in [-0.05, 0) is 66.8 Å². The third-order valence-corrected chi connectivity index (χ3v) is 6.13. The van der Waals surface area contributed by atoms with Crippen LogP contribution in [0.5, 0.6) is 5.75 Å². The highest BCUT2D eigenvalue weighted by Crippen LogP contribution is 2.43. The van der Waals surface area contributed by atoms with E-state index < -0.39 is 29.4 Å². The molecule has 1 heterocycles. The molecular weight excluding hydrogens is 464 g/mol. The van der Waals surface area contributed by atoms with Gasteiger partial charge in [0, 0.05) is 17.3 Å². The maximum atomic E-state index is 14.1. The number of benzene rings is 3. The van der Waals surface area contributed by atoms with E-state index in [-0.39, 0.29) is 17.0 Å². The van der Waals surface area contributed by atoms with E-state index in [4.69, 9.17) is 4.74 Å². The van der Waals surface area contributed by atoms with Crippen molar-refractivity contribution >= 4 is 23.1 Å². The van der Waals surface area contributed by atoms with Crippen LogP contribution in [0.15, 0.2) is 66.2 Å². The number of rotatable bonds is 6. The lowest BCUT2D eigenvalue weighted by Gasteiger charge is -2.26. The first kappa shape index (κ1) is 25.1. The third-order valence-electron chi connectivity index (χ3n) is 6.13. The molecule has 1 amide bonds. The summed E-state index contributed by atoms with van der Waals surface area (Å²) >= 11 is 0. The Morgan fingerprint density at radius 1 is 0.972 bits per heavy atom. The third kappa shape index (κ3) is 4.61. The predicted octanol–water partition coefficient (Wildman–Crippen LogP) is 6.24. The van der Waals surface area contributed by atoms with Gasteiger partial charge in [0.1, 0.15) is 11.5 Å². The summed E-state index contributed by atoms with van der Waals surface area (Å²) in [6.45, 7) is 8.23. The average Bonchev–Trinajstić information content (AvgIpc) is 3.10. The zero-order valence-electron chi connectivity index (χ0n) is 20.5. The Kier molecular flexibility index (Phi) is 6.93. The van der Waals surface area contributed by atoms with Crippen LogP contribution < -0.4 is 9.64 Å². The number of aliphatic hydroxyl groups is 1. The number of carbonyl (C=O) groups is 2. The van der Waals surface area contributed by atoms with E-state index in [1.54, 1.807) is 30.3 Å². The van der Waals surface area contributed by atoms with Crippen molar-refractivity contribution < 1.29 is 28.2 Å². The Labute approximate surface area is 208 Å². The van der Waals surface area contributed by atoms with Crippen LogP contribution in [0, 0.1) is 31.4 Å². The van der Waals surface area contributed by atoms with Gasteiger partial charge in [-0.15, -0.1) is 0 Å². The van der Waals surface area contributed by atoms with E-state index in [0.29, 0.717) is 29.4 Å². The van der Waals surface area contributed by atoms with Gasteiger partial charge in [-0.2, -0.15) is 0 Å². The Hall–Kier alpha value is -4.00. The van der Waals surface area contributed by atoms with Crippen LogP contribution in [0.3, 0.4) is 0 Å². The standard InChI is InChI=1S/C29H27F2NO4/c1-16(2)15-36-24-12-9-19(13-18(24)4)27(33)25-26(21-8-6-5-7-17(21)3)32(29(35)28(25)34)20-10-11-22(30)23(31)14-20/h5-14,16,26,33H,15H2,1-4H3/b27-25+. The molecule has 186 valence electrons.